The van der Waals surface area contributed by atoms with Gasteiger partial charge in [0.1, 0.15) is 5.60 Å². The second kappa shape index (κ2) is 21.0. The van der Waals surface area contributed by atoms with Gasteiger partial charge in [0.25, 0.3) is 5.79 Å². The summed E-state index contributed by atoms with van der Waals surface area (Å²) in [7, 11) is -52.9. The maximum atomic E-state index is 12.5. The van der Waals surface area contributed by atoms with Gasteiger partial charge >= 0.3 is 100 Å². The highest BCUT2D eigenvalue weighted by molar-refractivity contribution is 7.35. The van der Waals surface area contributed by atoms with E-state index in [1.54, 1.807) is 0 Å². The van der Waals surface area contributed by atoms with E-state index >= 15 is 0 Å². The quantitative estimate of drug-likeness (QED) is 0.0393. The van der Waals surface area contributed by atoms with Crippen LogP contribution in [0.3, 0.4) is 0 Å². The molecular formula is C9H30O30P10. The van der Waals surface area contributed by atoms with Crippen LogP contribution in [-0.4, -0.2) is 77.9 Å². The summed E-state index contributed by atoms with van der Waals surface area (Å²) in [5, 5.41) is 0. The molecule has 0 aromatic rings. The molecule has 0 bridgehead atoms. The molecule has 11 atom stereocenters. The summed E-state index contributed by atoms with van der Waals surface area (Å²) >= 11 is 0. The van der Waals surface area contributed by atoms with Crippen LogP contribution in [0.15, 0.2) is 0 Å². The molecule has 0 spiro atoms. The van der Waals surface area contributed by atoms with Crippen LogP contribution in [0, 0.1) is 5.92 Å². The summed E-state index contributed by atoms with van der Waals surface area (Å²) in [4.78, 5) is 98.4. The highest BCUT2D eigenvalue weighted by Crippen LogP contribution is 2.68. The van der Waals surface area contributed by atoms with Gasteiger partial charge < -0.3 is 48.9 Å². The van der Waals surface area contributed by atoms with Gasteiger partial charge in [-0.25, -0.2) is 13.6 Å². The molecule has 0 saturated heterocycles. The van der Waals surface area contributed by atoms with Gasteiger partial charge in [0, 0.05) is 0 Å². The highest BCUT2D eigenvalue weighted by Gasteiger charge is 2.88. The van der Waals surface area contributed by atoms with Crippen molar-refractivity contribution in [3.63, 3.8) is 0 Å². The first kappa shape index (κ1) is 50.5. The van der Waals surface area contributed by atoms with Gasteiger partial charge in [-0.15, -0.1) is 0 Å². The smallest absolute Gasteiger partial charge is 0.326 e. The van der Waals surface area contributed by atoms with E-state index in [-0.39, 0.29) is 6.92 Å². The minimum Gasteiger partial charge on any atom is -0.326 e. The Morgan fingerprint density at radius 2 is 0.551 bits per heavy atom. The van der Waals surface area contributed by atoms with Crippen LogP contribution in [0.4, 0.5) is 0 Å². The molecule has 0 saturated carbocycles. The van der Waals surface area contributed by atoms with Gasteiger partial charge in [0.15, 0.2) is 0 Å². The van der Waals surface area contributed by atoms with Gasteiger partial charge in [0.2, 0.25) is 0 Å². The Balaban J connectivity index is 10.2. The van der Waals surface area contributed by atoms with Crippen LogP contribution < -0.4 is 0 Å². The number of hydrogen-bond acceptors (Lipinski definition) is 20. The molecule has 0 rings (SSSR count). The summed E-state index contributed by atoms with van der Waals surface area (Å²) in [6.07, 6.45) is 0. The first-order valence-corrected chi connectivity index (χ1v) is 23.9. The SMILES string of the molecule is CC(C)C(C)(O[PH](=O)O)C(O[PH](=O)O)(O[PH](=O)O)C(O[PH](=O)O)(O[PH](=O)O)C(O[PH](=O)O)(O[PH](=O)O)C(O[PH](=O)O)(O[PH](=O)O)O[PH](=O)O. The zero-order valence-corrected chi connectivity index (χ0v) is 33.7. The molecule has 0 radical (unpaired) electrons. The lowest BCUT2D eigenvalue weighted by molar-refractivity contribution is -0.503. The fourth-order valence-electron chi connectivity index (χ4n) is 3.77. The van der Waals surface area contributed by atoms with E-state index in [0.29, 0.717) is 0 Å². The maximum absolute atomic E-state index is 12.5. The molecule has 0 aromatic heterocycles. The predicted octanol–water partition coefficient (Wildman–Crippen LogP) is -0.870. The van der Waals surface area contributed by atoms with Gasteiger partial charge in [0.05, 0.1) is 0 Å². The average Bonchev–Trinajstić information content (AvgIpc) is 2.83. The second-order valence-electron chi connectivity index (χ2n) is 8.35. The molecule has 0 heterocycles. The summed E-state index contributed by atoms with van der Waals surface area (Å²) in [6, 6.07) is 0. The molecule has 0 aliphatic rings. The normalized spacial score (nSPS) is 25.0. The number of hydrogen-bond donors (Lipinski definition) is 10. The van der Waals surface area contributed by atoms with Crippen molar-refractivity contribution >= 4 is 82.5 Å². The zero-order valence-electron chi connectivity index (χ0n) is 23.7. The van der Waals surface area contributed by atoms with Crippen molar-refractivity contribution in [3.05, 3.63) is 0 Å². The Labute approximate surface area is 278 Å². The molecule has 0 amide bonds. The molecule has 10 N–H and O–H groups in total. The van der Waals surface area contributed by atoms with Crippen molar-refractivity contribution < 1.29 is 140 Å². The second-order valence-corrected chi connectivity index (χ2v) is 15.7. The average molecular weight is 928 g/mol. The molecule has 0 aliphatic heterocycles. The van der Waals surface area contributed by atoms with E-state index in [1.807, 2.05) is 0 Å². The first-order chi connectivity index (χ1) is 22.1. The first-order valence-electron chi connectivity index (χ1n) is 11.3. The zero-order chi connectivity index (χ0) is 38.9. The van der Waals surface area contributed by atoms with Gasteiger partial charge in [-0.3, -0.25) is 77.3 Å². The minimum absolute atomic E-state index is 0.258. The molecular weight excluding hydrogens is 898 g/mol. The summed E-state index contributed by atoms with van der Waals surface area (Å²) < 4.78 is 168. The van der Waals surface area contributed by atoms with Crippen LogP contribution in [0.1, 0.15) is 20.8 Å². The lowest BCUT2D eigenvalue weighted by Gasteiger charge is -2.60. The third-order valence-corrected chi connectivity index (χ3v) is 10.1. The van der Waals surface area contributed by atoms with Crippen molar-refractivity contribution in [2.24, 2.45) is 5.92 Å². The van der Waals surface area contributed by atoms with Crippen molar-refractivity contribution in [2.45, 2.75) is 49.7 Å². The number of rotatable bonds is 25. The third kappa shape index (κ3) is 12.8. The monoisotopic (exact) mass is 928 g/mol. The van der Waals surface area contributed by atoms with E-state index in [9.17, 15) is 94.6 Å². The summed E-state index contributed by atoms with van der Waals surface area (Å²) in [5.74, 6) is -23.3. The largest absolute Gasteiger partial charge is 0.368 e. The molecule has 30 nitrogen and oxygen atoms in total. The molecule has 296 valence electrons. The molecule has 0 fully saturated rings. The Morgan fingerprint density at radius 1 is 0.347 bits per heavy atom. The Hall–Kier alpha value is 1.50. The van der Waals surface area contributed by atoms with Gasteiger partial charge in [-0.2, -0.15) is 0 Å². The fraction of sp³-hybridized carbons (Fsp3) is 1.00. The summed E-state index contributed by atoms with van der Waals surface area (Å²) in [5.41, 5.74) is -3.70. The standard InChI is InChI=1S/C9H30O30P10/c1-4(2)5(3,30-40(10)11)6(31-41(12)13,32-42(14)15)7(33-43(16)17,34-44(18)19)8(35-45(20)21,36-46(22)23)9(37-47(24)25,38-48(26)27)39-49(28)29/h4,40-49H,1-3H3,(H,10,11)(H,12,13)(H,14,15)(H,16,17)(H,18,19)(H,20,21)(H,22,23)(H,24,25)(H,26,27)(H,28,29). The van der Waals surface area contributed by atoms with Crippen molar-refractivity contribution in [1.29, 1.82) is 0 Å². The molecule has 40 heteroatoms. The van der Waals surface area contributed by atoms with Gasteiger partial charge in [-0.05, 0) is 12.8 Å². The molecule has 49 heavy (non-hydrogen) atoms. The van der Waals surface area contributed by atoms with E-state index in [2.05, 4.69) is 40.7 Å². The molecule has 0 aromatic carbocycles. The molecule has 0 aliphatic carbocycles. The van der Waals surface area contributed by atoms with Crippen LogP contribution in [0.25, 0.3) is 0 Å². The Morgan fingerprint density at radius 3 is 0.755 bits per heavy atom. The highest BCUT2D eigenvalue weighted by atomic mass is 31.2. The van der Waals surface area contributed by atoms with E-state index < -0.39 is 117 Å². The Kier molecular flexibility index (Phi) is 21.6. The van der Waals surface area contributed by atoms with Crippen molar-refractivity contribution in [2.75, 3.05) is 0 Å². The van der Waals surface area contributed by atoms with E-state index in [0.717, 1.165) is 13.8 Å². The van der Waals surface area contributed by atoms with Crippen LogP contribution in [-0.2, 0) is 90.9 Å². The van der Waals surface area contributed by atoms with Crippen molar-refractivity contribution in [3.8, 4) is 0 Å². The minimum atomic E-state index is -5.57. The maximum Gasteiger partial charge on any atom is 0.368 e. The van der Waals surface area contributed by atoms with Crippen LogP contribution in [0.5, 0.6) is 0 Å². The van der Waals surface area contributed by atoms with Crippen LogP contribution >= 0.6 is 82.5 Å². The van der Waals surface area contributed by atoms with Gasteiger partial charge in [-0.1, -0.05) is 13.8 Å². The predicted molar refractivity (Wildman–Crippen MR) is 157 cm³/mol. The summed E-state index contributed by atoms with van der Waals surface area (Å²) in [6.45, 7) is 1.79. The van der Waals surface area contributed by atoms with Crippen LogP contribution in [0.2, 0.25) is 0 Å². The molecule has 11 unspecified atom stereocenters. The Bertz CT molecular complexity index is 1300. The van der Waals surface area contributed by atoms with E-state index in [4.69, 9.17) is 4.52 Å². The van der Waals surface area contributed by atoms with Crippen molar-refractivity contribution in [1.82, 2.24) is 0 Å². The lowest BCUT2D eigenvalue weighted by atomic mass is 9.76. The lowest BCUT2D eigenvalue weighted by Crippen LogP contribution is -2.83. The van der Waals surface area contributed by atoms with E-state index in [1.165, 1.54) is 0 Å². The third-order valence-electron chi connectivity index (χ3n) is 5.38. The fourth-order valence-corrected chi connectivity index (χ4v) is 9.80. The topological polar surface area (TPSA) is 465 Å².